The van der Waals surface area contributed by atoms with Crippen LogP contribution in [0.3, 0.4) is 0 Å². The molecule has 708 valence electrons. The summed E-state index contributed by atoms with van der Waals surface area (Å²) in [5.74, 6) is 1.13. The van der Waals surface area contributed by atoms with Crippen LogP contribution >= 0.6 is 0 Å². The topological polar surface area (TPSA) is 110 Å². The van der Waals surface area contributed by atoms with E-state index in [1.807, 2.05) is 224 Å². The van der Waals surface area contributed by atoms with Crippen molar-refractivity contribution in [3.05, 3.63) is 551 Å². The molecule has 0 aliphatic carbocycles. The van der Waals surface area contributed by atoms with Crippen molar-refractivity contribution < 1.29 is 77.3 Å². The average Bonchev–Trinajstić information content (AvgIpc) is 1.61. The zero-order chi connectivity index (χ0) is 98.5. The quantitative estimate of drug-likeness (QED) is 0.0598. The van der Waals surface area contributed by atoms with Gasteiger partial charge in [0.1, 0.15) is 23.0 Å². The minimum atomic E-state index is 0. The van der Waals surface area contributed by atoms with Crippen molar-refractivity contribution in [1.29, 1.82) is 0 Å². The van der Waals surface area contributed by atoms with E-state index < -0.39 is 0 Å². The van der Waals surface area contributed by atoms with Gasteiger partial charge in [0, 0.05) is 98.1 Å². The van der Waals surface area contributed by atoms with E-state index in [0.29, 0.717) is 42.2 Å². The summed E-state index contributed by atoms with van der Waals surface area (Å²) in [5, 5.41) is 57.6. The number of aryl methyl sites for hydroxylation is 3. The normalized spacial score (nSPS) is 11.8. The summed E-state index contributed by atoms with van der Waals surface area (Å²) in [7, 11) is 6.26. The molecule has 1 aliphatic heterocycles. The molecule has 0 bridgehead atoms. The summed E-state index contributed by atoms with van der Waals surface area (Å²) >= 11 is 0. The fourth-order valence-corrected chi connectivity index (χ4v) is 18.8. The molecule has 0 radical (unpaired) electrons. The molecule has 1 fully saturated rings. The second kappa shape index (κ2) is 49.1. The Balaban J connectivity index is 0.000000159. The Labute approximate surface area is 881 Å². The number of nitrogens with zero attached hydrogens (tertiary/aromatic N) is 8. The molecule has 0 saturated carbocycles. The third-order valence-corrected chi connectivity index (χ3v) is 25.3. The Morgan fingerprint density at radius 3 is 0.727 bits per heavy atom. The fraction of sp³-hybridized carbons (Fsp3) is 0.109. The number of aromatic nitrogens is 4. The van der Waals surface area contributed by atoms with Gasteiger partial charge in [0.2, 0.25) is 0 Å². The number of hydrogen-bond acceptors (Lipinski definition) is 7. The molecule has 0 amide bonds. The van der Waals surface area contributed by atoms with Crippen LogP contribution in [0.25, 0.3) is 110 Å². The number of likely N-dealkylation sites (N-methyl/N-ethyl adjacent to an activating group) is 2. The van der Waals surface area contributed by atoms with Crippen molar-refractivity contribution in [2.24, 2.45) is 0 Å². The molecule has 4 N–H and O–H groups in total. The first-order valence-corrected chi connectivity index (χ1v) is 47.8. The van der Waals surface area contributed by atoms with Crippen molar-refractivity contribution in [2.45, 2.75) is 47.0 Å². The van der Waals surface area contributed by atoms with Crippen molar-refractivity contribution in [2.75, 3.05) is 47.3 Å². The maximum absolute atomic E-state index is 12.2. The van der Waals surface area contributed by atoms with Gasteiger partial charge in [-0.3, -0.25) is 4.90 Å². The van der Waals surface area contributed by atoms with Crippen LogP contribution in [-0.2, 0) is 78.6 Å². The van der Waals surface area contributed by atoms with Crippen LogP contribution in [0.4, 0.5) is 0 Å². The first-order chi connectivity index (χ1) is 68.5. The molecule has 4 aromatic heterocycles. The van der Waals surface area contributed by atoms with Crippen LogP contribution in [0, 0.1) is 69.0 Å². The SMILES string of the molecule is Cc1cc(CN(CCN(C)C)Cc2cccc(-n3c4ccccc4c4ccccc43)c2O)c(O)c(-n2c3ccccc3c3ccccc32)c1.Cc1cc(C[N+]2(Cc3cc(C)cc(-n4c5ccccc5c5ccccc54)c3O)[CH-]N(C)CC2)c(O)c(-n2c3ccccc3c3ccccc32)c1.[CH2-]c1ccccc1.[CH2-]c1ccccc1.[CH2-]c1ccccc1.[CH2-]c1ccccc1.[CH2-]c1ccccc1.[CH2-]c1ccccc1.[Zr+4].[Zr+4]. The van der Waals surface area contributed by atoms with Crippen LogP contribution in [0.2, 0.25) is 0 Å². The van der Waals surface area contributed by atoms with Crippen LogP contribution in [0.5, 0.6) is 23.0 Å². The van der Waals surface area contributed by atoms with Crippen molar-refractivity contribution in [3.63, 3.8) is 0 Å². The largest absolute Gasteiger partial charge is 4.00 e. The summed E-state index contributed by atoms with van der Waals surface area (Å²) in [5.41, 5.74) is 24.8. The average molecular weight is 2030 g/mol. The van der Waals surface area contributed by atoms with Crippen LogP contribution in [0.15, 0.2) is 431 Å². The summed E-state index contributed by atoms with van der Waals surface area (Å²) in [6, 6.07) is 145. The van der Waals surface area contributed by atoms with Gasteiger partial charge in [0.25, 0.3) is 0 Å². The Hall–Kier alpha value is -14.8. The number of rotatable bonds is 15. The number of hydrogen-bond donors (Lipinski definition) is 4. The third kappa shape index (κ3) is 25.2. The van der Waals surface area contributed by atoms with E-state index in [9.17, 15) is 20.4 Å². The van der Waals surface area contributed by atoms with Gasteiger partial charge in [0.15, 0.2) is 0 Å². The summed E-state index contributed by atoms with van der Waals surface area (Å²) in [4.78, 5) is 6.72. The van der Waals surface area contributed by atoms with Crippen LogP contribution in [-0.4, -0.2) is 105 Å². The zero-order valence-corrected chi connectivity index (χ0v) is 87.3. The van der Waals surface area contributed by atoms with Gasteiger partial charge >= 0.3 is 52.4 Å². The van der Waals surface area contributed by atoms with Crippen LogP contribution in [0.1, 0.15) is 72.3 Å². The smallest absolute Gasteiger partial charge is 0.505 e. The van der Waals surface area contributed by atoms with Crippen LogP contribution < -0.4 is 0 Å². The molecule has 5 heterocycles. The Bertz CT molecular complexity index is 7260. The third-order valence-electron chi connectivity index (χ3n) is 25.3. The van der Waals surface area contributed by atoms with E-state index in [2.05, 4.69) is 329 Å². The van der Waals surface area contributed by atoms with E-state index in [4.69, 9.17) is 0 Å². The monoisotopic (exact) mass is 2030 g/mol. The molecule has 18 aromatic carbocycles. The van der Waals surface area contributed by atoms with Gasteiger partial charge in [0.05, 0.1) is 86.5 Å². The first-order valence-electron chi connectivity index (χ1n) is 47.8. The zero-order valence-electron chi connectivity index (χ0n) is 82.3. The molecular weight excluding hydrogens is 1910 g/mol. The second-order valence-electron chi connectivity index (χ2n) is 36.4. The maximum atomic E-state index is 12.2. The number of phenolic OH excluding ortho intramolecular Hbond substituents is 4. The Morgan fingerprint density at radius 1 is 0.266 bits per heavy atom. The van der Waals surface area contributed by atoms with Crippen molar-refractivity contribution in [1.82, 2.24) is 33.0 Å². The van der Waals surface area contributed by atoms with Gasteiger partial charge < -0.3 is 53.0 Å². The molecular formula is C129H122N8O4Zr2+2. The number of benzene rings is 18. The molecule has 14 heteroatoms. The molecule has 22 aromatic rings. The molecule has 23 rings (SSSR count). The molecule has 0 spiro atoms. The van der Waals surface area contributed by atoms with Gasteiger partial charge in [-0.15, -0.1) is 72.8 Å². The number of quaternary nitrogens is 1. The van der Waals surface area contributed by atoms with E-state index in [0.717, 1.165) is 208 Å². The van der Waals surface area contributed by atoms with Gasteiger partial charge in [-0.2, -0.15) is 148 Å². The number of para-hydroxylation sites is 9. The molecule has 0 atom stereocenters. The minimum Gasteiger partial charge on any atom is -0.505 e. The first kappa shape index (κ1) is 104. The molecule has 1 saturated heterocycles. The summed E-state index contributed by atoms with van der Waals surface area (Å²) < 4.78 is 9.32. The predicted molar refractivity (Wildman–Crippen MR) is 592 cm³/mol. The van der Waals surface area contributed by atoms with E-state index >= 15 is 0 Å². The number of aromatic hydroxyl groups is 4. The molecule has 143 heavy (non-hydrogen) atoms. The Kier molecular flexibility index (Phi) is 35.7. The van der Waals surface area contributed by atoms with E-state index in [1.54, 1.807) is 0 Å². The molecule has 0 unspecified atom stereocenters. The summed E-state index contributed by atoms with van der Waals surface area (Å²) in [6.45, 7) is 36.4. The Morgan fingerprint density at radius 2 is 0.490 bits per heavy atom. The van der Waals surface area contributed by atoms with Gasteiger partial charge in [-0.25, -0.2) is 0 Å². The minimum absolute atomic E-state index is 0. The predicted octanol–water partition coefficient (Wildman–Crippen LogP) is 29.9. The maximum Gasteiger partial charge on any atom is 4.00 e. The standard InChI is InChI=1S/C44H40N4O2.C43H40N4O2.6C7H7.2Zr/c1-29-22-31(43(49)41(24-29)46-37-16-8-4-12-33(37)34-13-5-9-17-38(34)46)26-48(21-20-45(3)28-48)27-32-23-30(2)25-42(44(32)50)47-39-18-10-6-14-35(39)36-15-7-11-19-40(36)47;1-29-25-31(43(49)41(26-29)47-38-20-10-6-16-34(38)35-17-7-11-21-39(35)47)28-45(24-23-44(2)3)27-30-13-12-22-40(42(30)48)46-36-18-8-4-14-32(36)33-15-5-9-19-37(33)46;6*1-7-5-3-2-4-6-7;;/h4-19,22-25,28,49-50H,20-21,26-27H2,1-3H3;4-22,25-26,48-49H,23-24,27-28H2,1-3H3;6*2-6H,1H2;;/q;;6*-1;2*+4. The number of phenols is 4. The molecule has 1 aliphatic rings. The molecule has 12 nitrogen and oxygen atoms in total. The van der Waals surface area contributed by atoms with Crippen molar-refractivity contribution >= 4 is 87.2 Å². The fourth-order valence-electron chi connectivity index (χ4n) is 18.8. The van der Waals surface area contributed by atoms with Gasteiger partial charge in [-0.05, 0) is 144 Å². The van der Waals surface area contributed by atoms with Crippen molar-refractivity contribution in [3.8, 4) is 45.7 Å². The van der Waals surface area contributed by atoms with E-state index in [1.165, 1.54) is 0 Å². The second-order valence-corrected chi connectivity index (χ2v) is 36.4. The van der Waals surface area contributed by atoms with E-state index in [-0.39, 0.29) is 63.9 Å². The number of fused-ring (bicyclic) bond motifs is 12. The summed E-state index contributed by atoms with van der Waals surface area (Å²) in [6.07, 6.45) is 0. The van der Waals surface area contributed by atoms with Gasteiger partial charge in [-0.1, -0.05) is 207 Å².